The summed E-state index contributed by atoms with van der Waals surface area (Å²) >= 11 is 2.58. The quantitative estimate of drug-likeness (QED) is 0.306. The molecule has 0 amide bonds. The zero-order chi connectivity index (χ0) is 24.1. The number of nitrogens with zero attached hydrogens (tertiary/aromatic N) is 1. The summed E-state index contributed by atoms with van der Waals surface area (Å²) in [7, 11) is 0. The predicted octanol–water partition coefficient (Wildman–Crippen LogP) is 4.44. The zero-order valence-electron chi connectivity index (χ0n) is 17.8. The number of alkyl halides is 3. The normalized spacial score (nSPS) is 13.6. The van der Waals surface area contributed by atoms with Gasteiger partial charge in [-0.25, -0.2) is 4.98 Å². The molecule has 1 heterocycles. The Morgan fingerprint density at radius 1 is 1.25 bits per heavy atom. The first-order valence-corrected chi connectivity index (χ1v) is 11.2. The molecular weight excluding hydrogens is 461 g/mol. The van der Waals surface area contributed by atoms with Crippen molar-refractivity contribution in [1.82, 2.24) is 10.3 Å². The van der Waals surface area contributed by atoms with Crippen molar-refractivity contribution in [1.29, 1.82) is 0 Å². The number of thiazole rings is 1. The maximum atomic E-state index is 12.7. The van der Waals surface area contributed by atoms with E-state index in [1.54, 1.807) is 26.8 Å². The van der Waals surface area contributed by atoms with Gasteiger partial charge >= 0.3 is 12.1 Å². The zero-order valence-corrected chi connectivity index (χ0v) is 19.4. The Labute approximate surface area is 192 Å². The third-order valence-corrected chi connectivity index (χ3v) is 6.60. The van der Waals surface area contributed by atoms with Gasteiger partial charge in [0.15, 0.2) is 4.34 Å². The summed E-state index contributed by atoms with van der Waals surface area (Å²) < 4.78 is 37.7. The molecule has 0 aliphatic rings. The molecular formula is C21H25F3N4O2S2. The molecule has 1 aromatic carbocycles. The summed E-state index contributed by atoms with van der Waals surface area (Å²) in [5, 5.41) is 14.1. The number of hydrogen-bond donors (Lipinski definition) is 4. The van der Waals surface area contributed by atoms with E-state index < -0.39 is 22.5 Å². The van der Waals surface area contributed by atoms with E-state index in [1.165, 1.54) is 35.2 Å². The Bertz CT molecular complexity index is 1010. The van der Waals surface area contributed by atoms with Crippen molar-refractivity contribution in [3.63, 3.8) is 0 Å². The highest BCUT2D eigenvalue weighted by Crippen LogP contribution is 2.34. The number of thioether (sulfide) groups is 1. The summed E-state index contributed by atoms with van der Waals surface area (Å²) in [6.45, 7) is 5.49. The van der Waals surface area contributed by atoms with E-state index >= 15 is 0 Å². The van der Waals surface area contributed by atoms with E-state index in [1.807, 2.05) is 5.38 Å². The van der Waals surface area contributed by atoms with Crippen LogP contribution in [0.4, 0.5) is 13.2 Å². The lowest BCUT2D eigenvalue weighted by atomic mass is 10.1. The first-order chi connectivity index (χ1) is 14.8. The number of nitrogens with two attached hydrogens (primary N) is 2. The molecule has 6 nitrogen and oxygen atoms in total. The van der Waals surface area contributed by atoms with Gasteiger partial charge in [0, 0.05) is 24.0 Å². The van der Waals surface area contributed by atoms with Crippen molar-refractivity contribution < 1.29 is 23.1 Å². The van der Waals surface area contributed by atoms with Crippen LogP contribution in [0.2, 0.25) is 0 Å². The summed E-state index contributed by atoms with van der Waals surface area (Å²) in [4.78, 5) is 15.7. The van der Waals surface area contributed by atoms with Gasteiger partial charge in [0.05, 0.1) is 17.1 Å². The lowest BCUT2D eigenvalue weighted by molar-refractivity contribution is -0.139. The van der Waals surface area contributed by atoms with Crippen LogP contribution < -0.4 is 16.8 Å². The van der Waals surface area contributed by atoms with E-state index in [0.717, 1.165) is 17.8 Å². The molecule has 0 bridgehead atoms. The predicted molar refractivity (Wildman–Crippen MR) is 122 cm³/mol. The van der Waals surface area contributed by atoms with Gasteiger partial charge in [0.2, 0.25) is 0 Å². The second kappa shape index (κ2) is 10.3. The van der Waals surface area contributed by atoms with Crippen LogP contribution in [0.5, 0.6) is 0 Å². The average molecular weight is 487 g/mol. The van der Waals surface area contributed by atoms with Gasteiger partial charge in [-0.15, -0.1) is 11.3 Å². The molecule has 11 heteroatoms. The molecule has 0 aliphatic heterocycles. The Kier molecular flexibility index (Phi) is 8.24. The van der Waals surface area contributed by atoms with Crippen molar-refractivity contribution in [3.05, 3.63) is 63.9 Å². The topological polar surface area (TPSA) is 114 Å². The molecule has 2 aromatic rings. The minimum atomic E-state index is -4.40. The van der Waals surface area contributed by atoms with Crippen molar-refractivity contribution >= 4 is 34.8 Å². The molecule has 174 valence electrons. The number of carboxylic acids is 1. The van der Waals surface area contributed by atoms with Crippen LogP contribution in [0.15, 0.2) is 51.5 Å². The lowest BCUT2D eigenvalue weighted by Gasteiger charge is -2.15. The van der Waals surface area contributed by atoms with Crippen molar-refractivity contribution in [2.45, 2.75) is 42.5 Å². The largest absolute Gasteiger partial charge is 0.480 e. The number of halogens is 3. The third-order valence-electron chi connectivity index (χ3n) is 4.43. The lowest BCUT2D eigenvalue weighted by Crippen LogP contribution is -2.26. The van der Waals surface area contributed by atoms with Crippen LogP contribution in [0, 0.1) is 0 Å². The van der Waals surface area contributed by atoms with Crippen molar-refractivity contribution in [2.75, 3.05) is 6.54 Å². The standard InChI is InChI=1S/C21H25F3N4O2S2/c1-12(10-16(25)13-4-6-14(7-5-13)21(22,23)24)17(26)27-9-8-15-11-31-19(28-15)32-20(2,3)18(29)30/h4-7,10-11,27H,8-9,25-26H2,1-3H3,(H,29,30)/b16-10-,17-12+. The fourth-order valence-electron chi connectivity index (χ4n) is 2.42. The molecule has 1 aromatic heterocycles. The number of hydrogen-bond acceptors (Lipinski definition) is 7. The fraction of sp³-hybridized carbons (Fsp3) is 0.333. The first-order valence-electron chi connectivity index (χ1n) is 9.51. The second-order valence-corrected chi connectivity index (χ2v) is 10.2. The van der Waals surface area contributed by atoms with E-state index in [4.69, 9.17) is 11.5 Å². The van der Waals surface area contributed by atoms with E-state index in [0.29, 0.717) is 40.0 Å². The Balaban J connectivity index is 1.94. The third kappa shape index (κ3) is 7.20. The molecule has 0 saturated carbocycles. The Hall–Kier alpha value is -2.66. The molecule has 32 heavy (non-hydrogen) atoms. The highest BCUT2D eigenvalue weighted by molar-refractivity contribution is 8.02. The Morgan fingerprint density at radius 2 is 1.88 bits per heavy atom. The van der Waals surface area contributed by atoms with Crippen LogP contribution in [-0.4, -0.2) is 27.4 Å². The maximum absolute atomic E-state index is 12.7. The van der Waals surface area contributed by atoms with Gasteiger partial charge in [0.1, 0.15) is 4.75 Å². The average Bonchev–Trinajstić information content (AvgIpc) is 3.13. The van der Waals surface area contributed by atoms with Crippen LogP contribution >= 0.6 is 23.1 Å². The molecule has 0 unspecified atom stereocenters. The van der Waals surface area contributed by atoms with Gasteiger partial charge in [-0.05, 0) is 50.1 Å². The number of aliphatic carboxylic acids is 1. The number of rotatable bonds is 9. The molecule has 0 aliphatic carbocycles. The van der Waals surface area contributed by atoms with Crippen LogP contribution in [0.25, 0.3) is 5.70 Å². The van der Waals surface area contributed by atoms with Crippen LogP contribution in [-0.2, 0) is 17.4 Å². The summed E-state index contributed by atoms with van der Waals surface area (Å²) in [5.74, 6) is -0.519. The smallest absolute Gasteiger partial charge is 0.416 e. The summed E-state index contributed by atoms with van der Waals surface area (Å²) in [6.07, 6.45) is -2.22. The molecule has 0 spiro atoms. The van der Waals surface area contributed by atoms with E-state index in [2.05, 4.69) is 10.3 Å². The number of nitrogens with one attached hydrogen (secondary N) is 1. The highest BCUT2D eigenvalue weighted by Gasteiger charge is 2.30. The molecule has 0 atom stereocenters. The highest BCUT2D eigenvalue weighted by atomic mass is 32.2. The molecule has 6 N–H and O–H groups in total. The van der Waals surface area contributed by atoms with Crippen molar-refractivity contribution in [3.8, 4) is 0 Å². The molecule has 0 radical (unpaired) electrons. The SMILES string of the molecule is CC(/C=C(\N)c1ccc(C(F)(F)F)cc1)=C(/N)NCCc1csc(SC(C)(C)C(=O)O)n1. The Morgan fingerprint density at radius 3 is 2.44 bits per heavy atom. The summed E-state index contributed by atoms with van der Waals surface area (Å²) in [5.41, 5.74) is 13.5. The van der Waals surface area contributed by atoms with Gasteiger partial charge < -0.3 is 21.9 Å². The van der Waals surface area contributed by atoms with Crippen LogP contribution in [0.3, 0.4) is 0 Å². The number of carboxylic acid groups (broad SMARTS) is 1. The second-order valence-electron chi connectivity index (χ2n) is 7.47. The van der Waals surface area contributed by atoms with Gasteiger partial charge in [0.25, 0.3) is 0 Å². The fourth-order valence-corrected chi connectivity index (χ4v) is 4.65. The molecule has 2 rings (SSSR count). The summed E-state index contributed by atoms with van der Waals surface area (Å²) in [6, 6.07) is 4.59. The minimum Gasteiger partial charge on any atom is -0.480 e. The van der Waals surface area contributed by atoms with Crippen molar-refractivity contribution in [2.24, 2.45) is 11.5 Å². The van der Waals surface area contributed by atoms with E-state index in [-0.39, 0.29) is 0 Å². The number of carbonyl (C=O) groups is 1. The first kappa shape index (κ1) is 25.6. The van der Waals surface area contributed by atoms with Crippen LogP contribution in [0.1, 0.15) is 37.6 Å². The van der Waals surface area contributed by atoms with Gasteiger partial charge in [-0.1, -0.05) is 23.9 Å². The van der Waals surface area contributed by atoms with E-state index in [9.17, 15) is 23.1 Å². The van der Waals surface area contributed by atoms with Gasteiger partial charge in [-0.3, -0.25) is 4.79 Å². The maximum Gasteiger partial charge on any atom is 0.416 e. The molecule has 0 fully saturated rings. The van der Waals surface area contributed by atoms with Gasteiger partial charge in [-0.2, -0.15) is 13.2 Å². The minimum absolute atomic E-state index is 0.295. The number of benzene rings is 1. The molecule has 0 saturated heterocycles. The number of aromatic nitrogens is 1. The monoisotopic (exact) mass is 486 g/mol. The number of allylic oxidation sites excluding steroid dienone is 2.